The number of thiazole rings is 1. The molecule has 1 saturated heterocycles. The average Bonchev–Trinajstić information content (AvgIpc) is 2.97. The molecule has 3 rings (SSSR count). The second kappa shape index (κ2) is 7.78. The summed E-state index contributed by atoms with van der Waals surface area (Å²) in [5, 5.41) is 4.30. The largest absolute Gasteiger partial charge is 0.308 e. The minimum Gasteiger partial charge on any atom is -0.308 e. The molecular weight excluding hydrogens is 344 g/mol. The van der Waals surface area contributed by atoms with Gasteiger partial charge < -0.3 is 15.1 Å². The summed E-state index contributed by atoms with van der Waals surface area (Å²) in [6, 6.07) is 5.63. The number of hydrogen-bond acceptors (Lipinski definition) is 5. The van der Waals surface area contributed by atoms with E-state index in [1.54, 1.807) is 0 Å². The maximum Gasteiger partial charge on any atom is 0.230 e. The Morgan fingerprint density at radius 1 is 1.50 bits per heavy atom. The van der Waals surface area contributed by atoms with E-state index in [-0.39, 0.29) is 11.8 Å². The van der Waals surface area contributed by atoms with Gasteiger partial charge in [0.15, 0.2) is 5.13 Å². The molecule has 1 unspecified atom stereocenters. The van der Waals surface area contributed by atoms with Crippen LogP contribution in [0.3, 0.4) is 0 Å². The predicted molar refractivity (Wildman–Crippen MR) is 101 cm³/mol. The standard InChI is InChI=1S/C17H23ClN4OS/c1-21(2)9-10-22-8-4-5-12(11-22)16(23)20-17-19-14-7-3-6-13(18)15(14)24-17/h3,6-7,12H,4-5,8-11H2,1-2H3,(H,19,20,23). The molecule has 0 bridgehead atoms. The van der Waals surface area contributed by atoms with Crippen molar-refractivity contribution in [3.05, 3.63) is 23.2 Å². The highest BCUT2D eigenvalue weighted by Gasteiger charge is 2.26. The Labute approximate surface area is 151 Å². The van der Waals surface area contributed by atoms with Gasteiger partial charge in [-0.15, -0.1) is 0 Å². The first-order valence-electron chi connectivity index (χ1n) is 8.26. The van der Waals surface area contributed by atoms with E-state index in [0.717, 1.165) is 49.2 Å². The lowest BCUT2D eigenvalue weighted by molar-refractivity contribution is -0.121. The number of halogens is 1. The Morgan fingerprint density at radius 3 is 3.08 bits per heavy atom. The molecule has 2 aromatic rings. The van der Waals surface area contributed by atoms with Gasteiger partial charge in [0.25, 0.3) is 0 Å². The molecule has 1 N–H and O–H groups in total. The second-order valence-corrected chi connectivity index (χ2v) is 7.95. The number of amides is 1. The molecule has 2 heterocycles. The van der Waals surface area contributed by atoms with Crippen LogP contribution in [0, 0.1) is 5.92 Å². The smallest absolute Gasteiger partial charge is 0.230 e. The predicted octanol–water partition coefficient (Wildman–Crippen LogP) is 3.16. The summed E-state index contributed by atoms with van der Waals surface area (Å²) in [5.41, 5.74) is 0.832. The number of carbonyl (C=O) groups excluding carboxylic acids is 1. The van der Waals surface area contributed by atoms with Gasteiger partial charge in [-0.1, -0.05) is 29.0 Å². The maximum atomic E-state index is 12.6. The summed E-state index contributed by atoms with van der Waals surface area (Å²) >= 11 is 7.62. The van der Waals surface area contributed by atoms with Crippen LogP contribution < -0.4 is 5.32 Å². The van der Waals surface area contributed by atoms with Crippen molar-refractivity contribution in [1.82, 2.24) is 14.8 Å². The number of benzene rings is 1. The van der Waals surface area contributed by atoms with Crippen LogP contribution in [0.15, 0.2) is 18.2 Å². The minimum absolute atomic E-state index is 0.0309. The molecule has 0 saturated carbocycles. The van der Waals surface area contributed by atoms with E-state index in [9.17, 15) is 4.79 Å². The number of nitrogens with zero attached hydrogens (tertiary/aromatic N) is 3. The van der Waals surface area contributed by atoms with Crippen molar-refractivity contribution >= 4 is 44.2 Å². The van der Waals surface area contributed by atoms with Gasteiger partial charge in [0, 0.05) is 19.6 Å². The summed E-state index contributed by atoms with van der Waals surface area (Å²) in [5.74, 6) is 0.100. The van der Waals surface area contributed by atoms with Gasteiger partial charge in [-0.2, -0.15) is 0 Å². The van der Waals surface area contributed by atoms with Crippen LogP contribution in [0.25, 0.3) is 10.2 Å². The lowest BCUT2D eigenvalue weighted by Crippen LogP contribution is -2.43. The Morgan fingerprint density at radius 2 is 2.33 bits per heavy atom. The van der Waals surface area contributed by atoms with Crippen LogP contribution in [0.5, 0.6) is 0 Å². The fraction of sp³-hybridized carbons (Fsp3) is 0.529. The zero-order valence-electron chi connectivity index (χ0n) is 14.1. The van der Waals surface area contributed by atoms with Crippen molar-refractivity contribution in [2.24, 2.45) is 5.92 Å². The average molecular weight is 367 g/mol. The second-order valence-electron chi connectivity index (χ2n) is 6.54. The molecule has 24 heavy (non-hydrogen) atoms. The van der Waals surface area contributed by atoms with Crippen LogP contribution in [-0.4, -0.2) is 61.0 Å². The van der Waals surface area contributed by atoms with E-state index in [4.69, 9.17) is 11.6 Å². The third-order valence-corrected chi connectivity index (χ3v) is 5.78. The number of aromatic nitrogens is 1. The zero-order valence-corrected chi connectivity index (χ0v) is 15.7. The van der Waals surface area contributed by atoms with E-state index < -0.39 is 0 Å². The van der Waals surface area contributed by atoms with Gasteiger partial charge in [-0.3, -0.25) is 4.79 Å². The van der Waals surface area contributed by atoms with Crippen molar-refractivity contribution < 1.29 is 4.79 Å². The number of likely N-dealkylation sites (tertiary alicyclic amines) is 1. The number of piperidine rings is 1. The Bertz CT molecular complexity index is 718. The Kier molecular flexibility index (Phi) is 5.71. The van der Waals surface area contributed by atoms with Gasteiger partial charge >= 0.3 is 0 Å². The van der Waals surface area contributed by atoms with Crippen molar-refractivity contribution in [1.29, 1.82) is 0 Å². The number of rotatable bonds is 5. The molecule has 1 fully saturated rings. The van der Waals surface area contributed by atoms with Crippen molar-refractivity contribution in [3.8, 4) is 0 Å². The van der Waals surface area contributed by atoms with Crippen LogP contribution in [0.4, 0.5) is 5.13 Å². The van der Waals surface area contributed by atoms with E-state index in [1.165, 1.54) is 11.3 Å². The number of hydrogen-bond donors (Lipinski definition) is 1. The molecule has 1 aromatic heterocycles. The molecule has 1 amide bonds. The van der Waals surface area contributed by atoms with E-state index >= 15 is 0 Å². The summed E-state index contributed by atoms with van der Waals surface area (Å²) in [6.45, 7) is 3.93. The van der Waals surface area contributed by atoms with Crippen LogP contribution in [0.2, 0.25) is 5.02 Å². The van der Waals surface area contributed by atoms with Gasteiger partial charge in [-0.25, -0.2) is 4.98 Å². The normalized spacial score (nSPS) is 19.1. The van der Waals surface area contributed by atoms with Gasteiger partial charge in [-0.05, 0) is 45.6 Å². The Balaban J connectivity index is 1.62. The summed E-state index contributed by atoms with van der Waals surface area (Å²) in [7, 11) is 4.15. The number of likely N-dealkylation sites (N-methyl/N-ethyl adjacent to an activating group) is 1. The molecule has 130 valence electrons. The number of fused-ring (bicyclic) bond motifs is 1. The molecule has 5 nitrogen and oxygen atoms in total. The highest BCUT2D eigenvalue weighted by atomic mass is 35.5. The molecule has 0 radical (unpaired) electrons. The van der Waals surface area contributed by atoms with Crippen LogP contribution in [-0.2, 0) is 4.79 Å². The third-order valence-electron chi connectivity index (χ3n) is 4.34. The first kappa shape index (κ1) is 17.6. The number of nitrogens with one attached hydrogen (secondary N) is 1. The molecule has 1 aliphatic heterocycles. The minimum atomic E-state index is 0.0309. The van der Waals surface area contributed by atoms with E-state index in [0.29, 0.717) is 10.2 Å². The molecule has 7 heteroatoms. The lowest BCUT2D eigenvalue weighted by Gasteiger charge is -2.32. The molecular formula is C17H23ClN4OS. The van der Waals surface area contributed by atoms with Crippen molar-refractivity contribution in [2.45, 2.75) is 12.8 Å². The van der Waals surface area contributed by atoms with Crippen LogP contribution in [0.1, 0.15) is 12.8 Å². The summed E-state index contributed by atoms with van der Waals surface area (Å²) in [6.07, 6.45) is 2.01. The lowest BCUT2D eigenvalue weighted by atomic mass is 9.97. The number of carbonyl (C=O) groups is 1. The van der Waals surface area contributed by atoms with Crippen molar-refractivity contribution in [2.75, 3.05) is 45.6 Å². The Hall–Kier alpha value is -1.21. The molecule has 1 aromatic carbocycles. The van der Waals surface area contributed by atoms with Gasteiger partial charge in [0.2, 0.25) is 5.91 Å². The molecule has 0 aliphatic carbocycles. The first-order chi connectivity index (χ1) is 11.5. The maximum absolute atomic E-state index is 12.6. The topological polar surface area (TPSA) is 48.5 Å². The molecule has 1 atom stereocenters. The van der Waals surface area contributed by atoms with Crippen LogP contribution >= 0.6 is 22.9 Å². The van der Waals surface area contributed by atoms with Gasteiger partial charge in [0.05, 0.1) is 21.2 Å². The van der Waals surface area contributed by atoms with Crippen molar-refractivity contribution in [3.63, 3.8) is 0 Å². The quantitative estimate of drug-likeness (QED) is 0.883. The van der Waals surface area contributed by atoms with E-state index in [1.807, 2.05) is 18.2 Å². The number of anilines is 1. The monoisotopic (exact) mass is 366 g/mol. The summed E-state index contributed by atoms with van der Waals surface area (Å²) < 4.78 is 0.922. The third kappa shape index (κ3) is 4.25. The fourth-order valence-corrected chi connectivity index (χ4v) is 4.15. The molecule has 1 aliphatic rings. The summed E-state index contributed by atoms with van der Waals surface area (Å²) in [4.78, 5) is 21.6. The van der Waals surface area contributed by atoms with E-state index in [2.05, 4.69) is 34.2 Å². The first-order valence-corrected chi connectivity index (χ1v) is 9.45. The fourth-order valence-electron chi connectivity index (χ4n) is 2.99. The SMILES string of the molecule is CN(C)CCN1CCCC(C(=O)Nc2nc3cccc(Cl)c3s2)C1. The zero-order chi connectivity index (χ0) is 17.1. The molecule has 0 spiro atoms. The van der Waals surface area contributed by atoms with Gasteiger partial charge in [0.1, 0.15) is 0 Å². The highest BCUT2D eigenvalue weighted by molar-refractivity contribution is 7.23. The highest BCUT2D eigenvalue weighted by Crippen LogP contribution is 2.32.